The number of ether oxygens (including phenoxy) is 1. The Hall–Kier alpha value is -1.95. The molecular weight excluding hydrogens is 234 g/mol. The van der Waals surface area contributed by atoms with Gasteiger partial charge in [0.2, 0.25) is 0 Å². The number of nitrogens with two attached hydrogens (primary N) is 2. The van der Waals surface area contributed by atoms with Gasteiger partial charge in [0.25, 0.3) is 5.91 Å². The van der Waals surface area contributed by atoms with Gasteiger partial charge in [0.1, 0.15) is 5.75 Å². The van der Waals surface area contributed by atoms with Crippen LogP contribution in [-0.4, -0.2) is 18.5 Å². The molecule has 0 saturated heterocycles. The van der Waals surface area contributed by atoms with Crippen LogP contribution in [0.3, 0.4) is 0 Å². The van der Waals surface area contributed by atoms with Crippen molar-refractivity contribution in [1.29, 1.82) is 0 Å². The third-order valence-electron chi connectivity index (χ3n) is 1.59. The van der Waals surface area contributed by atoms with Gasteiger partial charge in [0.15, 0.2) is 6.61 Å². The SMILES string of the molecule is NC(=O)NC(=O)COc1ccc(Cl)cc1N. The number of nitrogens with one attached hydrogen (secondary N) is 1. The molecular formula is C9H10ClN3O3. The summed E-state index contributed by atoms with van der Waals surface area (Å²) in [5.74, 6) is -0.342. The number of halogens is 1. The fraction of sp³-hybridized carbons (Fsp3) is 0.111. The van der Waals surface area contributed by atoms with Gasteiger partial charge in [0, 0.05) is 5.02 Å². The van der Waals surface area contributed by atoms with Crippen LogP contribution in [0.2, 0.25) is 5.02 Å². The molecule has 6 nitrogen and oxygen atoms in total. The van der Waals surface area contributed by atoms with E-state index in [-0.39, 0.29) is 6.61 Å². The second kappa shape index (κ2) is 5.22. The van der Waals surface area contributed by atoms with E-state index in [1.54, 1.807) is 6.07 Å². The molecule has 0 unspecified atom stereocenters. The Morgan fingerprint density at radius 1 is 1.44 bits per heavy atom. The summed E-state index contributed by atoms with van der Waals surface area (Å²) in [6, 6.07) is 3.65. The minimum absolute atomic E-state index is 0.305. The molecule has 5 N–H and O–H groups in total. The number of imide groups is 1. The molecule has 1 aromatic rings. The summed E-state index contributed by atoms with van der Waals surface area (Å²) in [7, 11) is 0. The molecule has 86 valence electrons. The number of carbonyl (C=O) groups excluding carboxylic acids is 2. The monoisotopic (exact) mass is 243 g/mol. The topological polar surface area (TPSA) is 107 Å². The Morgan fingerprint density at radius 2 is 2.12 bits per heavy atom. The Bertz CT molecular complexity index is 422. The summed E-state index contributed by atoms with van der Waals surface area (Å²) < 4.78 is 5.05. The maximum Gasteiger partial charge on any atom is 0.318 e. The first-order chi connectivity index (χ1) is 7.49. The van der Waals surface area contributed by atoms with Crippen molar-refractivity contribution in [3.05, 3.63) is 23.2 Å². The number of primary amides is 1. The number of urea groups is 1. The first-order valence-corrected chi connectivity index (χ1v) is 4.64. The smallest absolute Gasteiger partial charge is 0.318 e. The zero-order valence-corrected chi connectivity index (χ0v) is 8.95. The fourth-order valence-corrected chi connectivity index (χ4v) is 1.15. The Balaban J connectivity index is 2.54. The Morgan fingerprint density at radius 3 is 2.69 bits per heavy atom. The number of rotatable bonds is 3. The van der Waals surface area contributed by atoms with E-state index < -0.39 is 11.9 Å². The van der Waals surface area contributed by atoms with E-state index in [9.17, 15) is 9.59 Å². The van der Waals surface area contributed by atoms with Crippen LogP contribution in [0, 0.1) is 0 Å². The predicted molar refractivity (Wildman–Crippen MR) is 59.1 cm³/mol. The van der Waals surface area contributed by atoms with Gasteiger partial charge < -0.3 is 16.2 Å². The lowest BCUT2D eigenvalue weighted by Gasteiger charge is -2.08. The molecule has 16 heavy (non-hydrogen) atoms. The second-order valence-corrected chi connectivity index (χ2v) is 3.32. The summed E-state index contributed by atoms with van der Waals surface area (Å²) in [6.45, 7) is -0.352. The van der Waals surface area contributed by atoms with E-state index in [0.717, 1.165) is 0 Å². The van der Waals surface area contributed by atoms with Gasteiger partial charge in [0.05, 0.1) is 5.69 Å². The lowest BCUT2D eigenvalue weighted by molar-refractivity contribution is -0.121. The van der Waals surface area contributed by atoms with Crippen LogP contribution in [0.1, 0.15) is 0 Å². The van der Waals surface area contributed by atoms with Crippen molar-refractivity contribution in [3.63, 3.8) is 0 Å². The maximum absolute atomic E-state index is 11.0. The van der Waals surface area contributed by atoms with Crippen molar-refractivity contribution in [2.75, 3.05) is 12.3 Å². The normalized spacial score (nSPS) is 9.56. The van der Waals surface area contributed by atoms with Crippen molar-refractivity contribution in [1.82, 2.24) is 5.32 Å². The summed E-state index contributed by atoms with van der Waals surface area (Å²) in [6.07, 6.45) is 0. The molecule has 0 aromatic heterocycles. The quantitative estimate of drug-likeness (QED) is 0.672. The highest BCUT2D eigenvalue weighted by atomic mass is 35.5. The number of amides is 3. The lowest BCUT2D eigenvalue weighted by atomic mass is 10.3. The minimum Gasteiger partial charge on any atom is -0.482 e. The molecule has 1 rings (SSSR count). The number of hydrogen-bond acceptors (Lipinski definition) is 4. The number of anilines is 1. The van der Waals surface area contributed by atoms with Crippen LogP contribution in [0.5, 0.6) is 5.75 Å². The van der Waals surface area contributed by atoms with Crippen LogP contribution in [0.15, 0.2) is 18.2 Å². The van der Waals surface area contributed by atoms with Gasteiger partial charge in [-0.2, -0.15) is 0 Å². The Labute approximate surface area is 96.5 Å². The standard InChI is InChI=1S/C9H10ClN3O3/c10-5-1-2-7(6(11)3-5)16-4-8(14)13-9(12)15/h1-3H,4,11H2,(H3,12,13,14,15). The van der Waals surface area contributed by atoms with Gasteiger partial charge in [-0.1, -0.05) is 11.6 Å². The summed E-state index contributed by atoms with van der Waals surface area (Å²) in [5, 5.41) is 2.32. The van der Waals surface area contributed by atoms with Crippen LogP contribution < -0.4 is 21.5 Å². The van der Waals surface area contributed by atoms with E-state index in [4.69, 9.17) is 27.8 Å². The van der Waals surface area contributed by atoms with Crippen LogP contribution in [0.25, 0.3) is 0 Å². The largest absolute Gasteiger partial charge is 0.482 e. The van der Waals surface area contributed by atoms with E-state index >= 15 is 0 Å². The molecule has 0 bridgehead atoms. The zero-order chi connectivity index (χ0) is 12.1. The zero-order valence-electron chi connectivity index (χ0n) is 8.20. The van der Waals surface area contributed by atoms with Gasteiger partial charge >= 0.3 is 6.03 Å². The highest BCUT2D eigenvalue weighted by molar-refractivity contribution is 6.30. The average Bonchev–Trinajstić information content (AvgIpc) is 2.15. The lowest BCUT2D eigenvalue weighted by Crippen LogP contribution is -2.38. The molecule has 0 radical (unpaired) electrons. The average molecular weight is 244 g/mol. The molecule has 0 aliphatic rings. The molecule has 3 amide bonds. The van der Waals surface area contributed by atoms with E-state index in [1.807, 2.05) is 5.32 Å². The highest BCUT2D eigenvalue weighted by Crippen LogP contribution is 2.24. The molecule has 7 heteroatoms. The molecule has 0 heterocycles. The molecule has 0 aliphatic carbocycles. The Kier molecular flexibility index (Phi) is 3.96. The van der Waals surface area contributed by atoms with Crippen LogP contribution in [0.4, 0.5) is 10.5 Å². The van der Waals surface area contributed by atoms with E-state index in [1.165, 1.54) is 12.1 Å². The number of hydrogen-bond donors (Lipinski definition) is 3. The molecule has 0 atom stereocenters. The van der Waals surface area contributed by atoms with Crippen molar-refractivity contribution < 1.29 is 14.3 Å². The fourth-order valence-electron chi connectivity index (χ4n) is 0.968. The van der Waals surface area contributed by atoms with Gasteiger partial charge in [-0.25, -0.2) is 4.79 Å². The summed E-state index contributed by atoms with van der Waals surface area (Å²) >= 11 is 5.67. The van der Waals surface area contributed by atoms with Crippen LogP contribution >= 0.6 is 11.6 Å². The minimum atomic E-state index is -0.933. The first-order valence-electron chi connectivity index (χ1n) is 4.26. The van der Waals surface area contributed by atoms with Gasteiger partial charge in [-0.05, 0) is 18.2 Å². The van der Waals surface area contributed by atoms with Gasteiger partial charge in [-0.15, -0.1) is 0 Å². The third kappa shape index (κ3) is 3.66. The summed E-state index contributed by atoms with van der Waals surface area (Å²) in [5.41, 5.74) is 10.6. The molecule has 0 aliphatic heterocycles. The van der Waals surface area contributed by atoms with Crippen molar-refractivity contribution in [2.45, 2.75) is 0 Å². The number of nitrogen functional groups attached to an aromatic ring is 1. The molecule has 1 aromatic carbocycles. The molecule has 0 spiro atoms. The van der Waals surface area contributed by atoms with E-state index in [2.05, 4.69) is 0 Å². The van der Waals surface area contributed by atoms with Crippen molar-refractivity contribution in [3.8, 4) is 5.75 Å². The van der Waals surface area contributed by atoms with Crippen LogP contribution in [-0.2, 0) is 4.79 Å². The second-order valence-electron chi connectivity index (χ2n) is 2.88. The maximum atomic E-state index is 11.0. The molecule has 0 fully saturated rings. The number of carbonyl (C=O) groups is 2. The number of benzene rings is 1. The van der Waals surface area contributed by atoms with Crippen molar-refractivity contribution >= 4 is 29.2 Å². The third-order valence-corrected chi connectivity index (χ3v) is 1.83. The summed E-state index contributed by atoms with van der Waals surface area (Å²) in [4.78, 5) is 21.3. The van der Waals surface area contributed by atoms with E-state index in [0.29, 0.717) is 16.5 Å². The first kappa shape index (κ1) is 12.1. The highest BCUT2D eigenvalue weighted by Gasteiger charge is 2.07. The molecule has 0 saturated carbocycles. The van der Waals surface area contributed by atoms with Gasteiger partial charge in [-0.3, -0.25) is 10.1 Å². The predicted octanol–water partition coefficient (Wildman–Crippen LogP) is 0.496. The van der Waals surface area contributed by atoms with Crippen molar-refractivity contribution in [2.24, 2.45) is 5.73 Å².